The highest BCUT2D eigenvalue weighted by Gasteiger charge is 2.16. The van der Waals surface area contributed by atoms with E-state index in [1.165, 1.54) is 11.3 Å². The second-order valence-electron chi connectivity index (χ2n) is 4.41. The quantitative estimate of drug-likeness (QED) is 0.774. The molecule has 0 unspecified atom stereocenters. The number of pyridine rings is 1. The molecule has 3 heterocycles. The lowest BCUT2D eigenvalue weighted by atomic mass is 10.3. The second-order valence-corrected chi connectivity index (χ2v) is 5.27. The van der Waals surface area contributed by atoms with E-state index >= 15 is 0 Å². The Balaban J connectivity index is 1.66. The Kier molecular flexibility index (Phi) is 4.19. The van der Waals surface area contributed by atoms with Gasteiger partial charge in [0.2, 0.25) is 0 Å². The molecule has 0 saturated carbocycles. The summed E-state index contributed by atoms with van der Waals surface area (Å²) in [5.41, 5.74) is 1.30. The summed E-state index contributed by atoms with van der Waals surface area (Å²) in [6.07, 6.45) is 2.37. The second kappa shape index (κ2) is 6.44. The molecule has 0 radical (unpaired) electrons. The van der Waals surface area contributed by atoms with Crippen molar-refractivity contribution in [1.82, 2.24) is 25.4 Å². The normalized spacial score (nSPS) is 10.6. The van der Waals surface area contributed by atoms with Crippen LogP contribution in [0, 0.1) is 0 Å². The van der Waals surface area contributed by atoms with Crippen LogP contribution in [0.4, 0.5) is 0 Å². The van der Waals surface area contributed by atoms with Gasteiger partial charge < -0.3 is 9.84 Å². The first-order valence-corrected chi connectivity index (χ1v) is 7.61. The lowest BCUT2D eigenvalue weighted by molar-refractivity contribution is 0.0950. The predicted octanol–water partition coefficient (Wildman–Crippen LogP) is 2.08. The SMILES string of the molecule is CCc1noc(-c2csc(C(=O)NCc3ccccn3)n2)n1. The molecule has 0 aliphatic rings. The number of carbonyl (C=O) groups excluding carboxylic acids is 1. The van der Waals surface area contributed by atoms with Gasteiger partial charge in [-0.15, -0.1) is 11.3 Å². The van der Waals surface area contributed by atoms with E-state index in [0.29, 0.717) is 35.4 Å². The van der Waals surface area contributed by atoms with Gasteiger partial charge in [0.15, 0.2) is 10.8 Å². The predicted molar refractivity (Wildman–Crippen MR) is 80.2 cm³/mol. The topological polar surface area (TPSA) is 93.8 Å². The molecule has 3 aromatic rings. The number of nitrogens with one attached hydrogen (secondary N) is 1. The summed E-state index contributed by atoms with van der Waals surface area (Å²) in [7, 11) is 0. The van der Waals surface area contributed by atoms with E-state index in [4.69, 9.17) is 4.52 Å². The fraction of sp³-hybridized carbons (Fsp3) is 0.214. The Morgan fingerprint density at radius 1 is 1.36 bits per heavy atom. The minimum atomic E-state index is -0.253. The van der Waals surface area contributed by atoms with Crippen LogP contribution in [-0.4, -0.2) is 26.0 Å². The number of hydrogen-bond acceptors (Lipinski definition) is 7. The van der Waals surface area contributed by atoms with Crippen molar-refractivity contribution in [3.05, 3.63) is 46.3 Å². The molecule has 0 aliphatic heterocycles. The van der Waals surface area contributed by atoms with Gasteiger partial charge >= 0.3 is 0 Å². The van der Waals surface area contributed by atoms with Crippen LogP contribution in [0.5, 0.6) is 0 Å². The summed E-state index contributed by atoms with van der Waals surface area (Å²) >= 11 is 1.23. The highest BCUT2D eigenvalue weighted by atomic mass is 32.1. The first kappa shape index (κ1) is 14.3. The van der Waals surface area contributed by atoms with Crippen LogP contribution in [0.2, 0.25) is 0 Å². The molecule has 0 aliphatic carbocycles. The summed E-state index contributed by atoms with van der Waals surface area (Å²) in [6.45, 7) is 2.29. The molecule has 3 aromatic heterocycles. The summed E-state index contributed by atoms with van der Waals surface area (Å²) in [5.74, 6) is 0.693. The summed E-state index contributed by atoms with van der Waals surface area (Å²) in [4.78, 5) is 24.6. The summed E-state index contributed by atoms with van der Waals surface area (Å²) in [6, 6.07) is 5.54. The lowest BCUT2D eigenvalue weighted by Crippen LogP contribution is -2.23. The molecule has 3 rings (SSSR count). The van der Waals surface area contributed by atoms with Crippen molar-refractivity contribution in [2.24, 2.45) is 0 Å². The van der Waals surface area contributed by atoms with E-state index in [9.17, 15) is 4.79 Å². The maximum absolute atomic E-state index is 12.1. The van der Waals surface area contributed by atoms with Crippen LogP contribution < -0.4 is 5.32 Å². The highest BCUT2D eigenvalue weighted by Crippen LogP contribution is 2.20. The summed E-state index contributed by atoms with van der Waals surface area (Å²) in [5, 5.41) is 8.66. The van der Waals surface area contributed by atoms with Crippen molar-refractivity contribution in [3.8, 4) is 11.6 Å². The number of rotatable bonds is 5. The zero-order valence-corrected chi connectivity index (χ0v) is 12.6. The molecule has 0 spiro atoms. The average Bonchev–Trinajstić information content (AvgIpc) is 3.22. The average molecular weight is 315 g/mol. The van der Waals surface area contributed by atoms with Crippen LogP contribution >= 0.6 is 11.3 Å². The molecule has 0 fully saturated rings. The Morgan fingerprint density at radius 2 is 2.27 bits per heavy atom. The van der Waals surface area contributed by atoms with E-state index in [0.717, 1.165) is 5.69 Å². The molecule has 0 atom stereocenters. The van der Waals surface area contributed by atoms with E-state index in [1.807, 2.05) is 25.1 Å². The van der Waals surface area contributed by atoms with Crippen molar-refractivity contribution in [2.45, 2.75) is 19.9 Å². The van der Waals surface area contributed by atoms with Gasteiger partial charge in [0.25, 0.3) is 11.8 Å². The highest BCUT2D eigenvalue weighted by molar-refractivity contribution is 7.12. The third-order valence-corrected chi connectivity index (χ3v) is 3.70. The zero-order chi connectivity index (χ0) is 15.4. The molecule has 8 heteroatoms. The van der Waals surface area contributed by atoms with E-state index in [2.05, 4.69) is 25.4 Å². The van der Waals surface area contributed by atoms with Gasteiger partial charge in [0.1, 0.15) is 5.69 Å². The molecular formula is C14H13N5O2S. The van der Waals surface area contributed by atoms with Gasteiger partial charge in [-0.1, -0.05) is 18.1 Å². The lowest BCUT2D eigenvalue weighted by Gasteiger charge is -2.01. The van der Waals surface area contributed by atoms with Crippen LogP contribution in [0.25, 0.3) is 11.6 Å². The molecule has 0 bridgehead atoms. The molecule has 0 aromatic carbocycles. The molecule has 112 valence electrons. The van der Waals surface area contributed by atoms with E-state index in [-0.39, 0.29) is 5.91 Å². The first-order chi connectivity index (χ1) is 10.8. The van der Waals surface area contributed by atoms with Crippen LogP contribution in [0.3, 0.4) is 0 Å². The molecular weight excluding hydrogens is 302 g/mol. The fourth-order valence-electron chi connectivity index (χ4n) is 1.73. The molecule has 1 N–H and O–H groups in total. The van der Waals surface area contributed by atoms with Crippen molar-refractivity contribution >= 4 is 17.2 Å². The number of hydrogen-bond donors (Lipinski definition) is 1. The fourth-order valence-corrected chi connectivity index (χ4v) is 2.43. The number of carbonyl (C=O) groups is 1. The molecule has 22 heavy (non-hydrogen) atoms. The number of aromatic nitrogens is 4. The van der Waals surface area contributed by atoms with E-state index in [1.54, 1.807) is 11.6 Å². The number of amides is 1. The Bertz CT molecular complexity index is 768. The minimum absolute atomic E-state index is 0.253. The van der Waals surface area contributed by atoms with Gasteiger partial charge in [-0.3, -0.25) is 9.78 Å². The Hall–Kier alpha value is -2.61. The maximum Gasteiger partial charge on any atom is 0.280 e. The van der Waals surface area contributed by atoms with Crippen molar-refractivity contribution in [3.63, 3.8) is 0 Å². The van der Waals surface area contributed by atoms with Crippen molar-refractivity contribution in [1.29, 1.82) is 0 Å². The van der Waals surface area contributed by atoms with Crippen molar-refractivity contribution in [2.75, 3.05) is 0 Å². The largest absolute Gasteiger partial charge is 0.344 e. The van der Waals surface area contributed by atoms with Gasteiger partial charge in [-0.05, 0) is 12.1 Å². The molecule has 7 nitrogen and oxygen atoms in total. The Morgan fingerprint density at radius 3 is 3.00 bits per heavy atom. The molecule has 0 saturated heterocycles. The van der Waals surface area contributed by atoms with Crippen molar-refractivity contribution < 1.29 is 9.32 Å². The van der Waals surface area contributed by atoms with Crippen LogP contribution in [0.15, 0.2) is 34.3 Å². The molecule has 1 amide bonds. The summed E-state index contributed by atoms with van der Waals surface area (Å²) < 4.78 is 5.11. The maximum atomic E-state index is 12.1. The third-order valence-electron chi connectivity index (χ3n) is 2.86. The zero-order valence-electron chi connectivity index (χ0n) is 11.8. The van der Waals surface area contributed by atoms with Crippen LogP contribution in [-0.2, 0) is 13.0 Å². The van der Waals surface area contributed by atoms with Gasteiger partial charge in [-0.2, -0.15) is 4.98 Å². The first-order valence-electron chi connectivity index (χ1n) is 6.73. The standard InChI is InChI=1S/C14H13N5O2S/c1-2-11-18-13(21-19-11)10-8-22-14(17-10)12(20)16-7-9-5-3-4-6-15-9/h3-6,8H,2,7H2,1H3,(H,16,20). The van der Waals surface area contributed by atoms with E-state index < -0.39 is 0 Å². The monoisotopic (exact) mass is 315 g/mol. The minimum Gasteiger partial charge on any atom is -0.344 e. The smallest absolute Gasteiger partial charge is 0.280 e. The number of aryl methyl sites for hydroxylation is 1. The van der Waals surface area contributed by atoms with Crippen LogP contribution in [0.1, 0.15) is 28.2 Å². The van der Waals surface area contributed by atoms with Gasteiger partial charge in [0, 0.05) is 18.0 Å². The van der Waals surface area contributed by atoms with Gasteiger partial charge in [-0.25, -0.2) is 4.98 Å². The Labute approximate surface area is 130 Å². The van der Waals surface area contributed by atoms with Gasteiger partial charge in [0.05, 0.1) is 12.2 Å². The number of nitrogens with zero attached hydrogens (tertiary/aromatic N) is 4. The number of thiazole rings is 1. The third kappa shape index (κ3) is 3.17.